The van der Waals surface area contributed by atoms with Crippen LogP contribution in [0.4, 0.5) is 5.69 Å². The van der Waals surface area contributed by atoms with Crippen LogP contribution in [-0.4, -0.2) is 33.1 Å². The van der Waals surface area contributed by atoms with Gasteiger partial charge in [-0.15, -0.1) is 4.37 Å². The summed E-state index contributed by atoms with van der Waals surface area (Å²) in [6.07, 6.45) is 3.08. The van der Waals surface area contributed by atoms with E-state index in [0.717, 1.165) is 30.3 Å². The molecule has 6 heteroatoms. The van der Waals surface area contributed by atoms with E-state index < -0.39 is 6.10 Å². The van der Waals surface area contributed by atoms with E-state index in [1.165, 1.54) is 5.56 Å². The Morgan fingerprint density at radius 1 is 1.40 bits per heavy atom. The molecule has 0 aliphatic rings. The second-order valence-electron chi connectivity index (χ2n) is 4.50. The maximum atomic E-state index is 9.90. The van der Waals surface area contributed by atoms with Crippen molar-refractivity contribution < 1.29 is 9.84 Å². The molecule has 1 atom stereocenters. The molecule has 20 heavy (non-hydrogen) atoms. The summed E-state index contributed by atoms with van der Waals surface area (Å²) in [5, 5.41) is 13.2. The van der Waals surface area contributed by atoms with E-state index in [2.05, 4.69) is 27.1 Å². The summed E-state index contributed by atoms with van der Waals surface area (Å²) in [5.41, 5.74) is 2.34. The van der Waals surface area contributed by atoms with Gasteiger partial charge in [-0.1, -0.05) is 31.5 Å². The molecule has 2 N–H and O–H groups in total. The molecule has 5 nitrogen and oxygen atoms in total. The summed E-state index contributed by atoms with van der Waals surface area (Å²) in [6, 6.07) is 8.16. The van der Waals surface area contributed by atoms with Crippen molar-refractivity contribution in [2.75, 3.05) is 18.5 Å². The zero-order valence-electron chi connectivity index (χ0n) is 11.5. The molecule has 0 aliphatic carbocycles. The van der Waals surface area contributed by atoms with Crippen molar-refractivity contribution >= 4 is 17.4 Å². The van der Waals surface area contributed by atoms with Crippen LogP contribution in [0.15, 0.2) is 30.5 Å². The van der Waals surface area contributed by atoms with Gasteiger partial charge >= 0.3 is 0 Å². The maximum Gasteiger partial charge on any atom is 0.245 e. The van der Waals surface area contributed by atoms with Gasteiger partial charge in [0.1, 0.15) is 18.9 Å². The molecule has 1 unspecified atom stereocenters. The zero-order valence-corrected chi connectivity index (χ0v) is 12.3. The number of aliphatic hydroxyl groups excluding tert-OH is 1. The van der Waals surface area contributed by atoms with Crippen molar-refractivity contribution in [3.8, 4) is 5.88 Å². The molecule has 108 valence electrons. The molecule has 1 aromatic carbocycles. The third-order valence-corrected chi connectivity index (χ3v) is 3.29. The highest BCUT2D eigenvalue weighted by Crippen LogP contribution is 2.16. The minimum atomic E-state index is -0.591. The Balaban J connectivity index is 1.79. The molecule has 0 spiro atoms. The van der Waals surface area contributed by atoms with Crippen molar-refractivity contribution in [2.24, 2.45) is 0 Å². The first kappa shape index (κ1) is 14.7. The van der Waals surface area contributed by atoms with Crippen molar-refractivity contribution in [1.29, 1.82) is 0 Å². The summed E-state index contributed by atoms with van der Waals surface area (Å²) in [4.78, 5) is 0. The average Bonchev–Trinajstić information content (AvgIpc) is 2.98. The van der Waals surface area contributed by atoms with Crippen LogP contribution in [0.2, 0.25) is 0 Å². The molecule has 0 amide bonds. The largest absolute Gasteiger partial charge is 0.473 e. The molecule has 1 heterocycles. The minimum absolute atomic E-state index is 0.203. The Morgan fingerprint density at radius 2 is 2.25 bits per heavy atom. The molecule has 0 saturated heterocycles. The number of rotatable bonds is 8. The highest BCUT2D eigenvalue weighted by Gasteiger charge is 2.08. The fourth-order valence-corrected chi connectivity index (χ4v) is 2.23. The van der Waals surface area contributed by atoms with Crippen molar-refractivity contribution in [3.05, 3.63) is 36.0 Å². The van der Waals surface area contributed by atoms with Crippen LogP contribution in [-0.2, 0) is 6.42 Å². The maximum absolute atomic E-state index is 9.90. The number of anilines is 1. The number of aryl methyl sites for hydroxylation is 1. The highest BCUT2D eigenvalue weighted by atomic mass is 32.1. The van der Waals surface area contributed by atoms with Crippen LogP contribution in [0, 0.1) is 0 Å². The first-order valence-corrected chi connectivity index (χ1v) is 7.42. The van der Waals surface area contributed by atoms with Gasteiger partial charge in [-0.3, -0.25) is 0 Å². The SMILES string of the molecule is CCCc1ccccc1NCC(O)COc1cnsn1. The van der Waals surface area contributed by atoms with Crippen LogP contribution in [0.25, 0.3) is 0 Å². The van der Waals surface area contributed by atoms with Crippen molar-refractivity contribution in [2.45, 2.75) is 25.9 Å². The van der Waals surface area contributed by atoms with Gasteiger partial charge in [0.05, 0.1) is 11.7 Å². The summed E-state index contributed by atoms with van der Waals surface area (Å²) >= 11 is 1.09. The Labute approximate surface area is 122 Å². The van der Waals surface area contributed by atoms with E-state index >= 15 is 0 Å². The molecular weight excluding hydrogens is 274 g/mol. The van der Waals surface area contributed by atoms with Gasteiger partial charge in [0.2, 0.25) is 5.88 Å². The number of benzene rings is 1. The quantitative estimate of drug-likeness (QED) is 0.782. The lowest BCUT2D eigenvalue weighted by molar-refractivity contribution is 0.115. The van der Waals surface area contributed by atoms with Crippen LogP contribution in [0.3, 0.4) is 0 Å². The molecule has 2 aromatic rings. The van der Waals surface area contributed by atoms with Gasteiger partial charge in [-0.25, -0.2) is 0 Å². The fraction of sp³-hybridized carbons (Fsp3) is 0.429. The van der Waals surface area contributed by atoms with E-state index in [0.29, 0.717) is 12.4 Å². The third kappa shape index (κ3) is 4.47. The number of aliphatic hydroxyl groups is 1. The third-order valence-electron chi connectivity index (χ3n) is 2.83. The zero-order chi connectivity index (χ0) is 14.2. The van der Waals surface area contributed by atoms with E-state index in [4.69, 9.17) is 4.74 Å². The lowest BCUT2D eigenvalue weighted by Crippen LogP contribution is -2.26. The standard InChI is InChI=1S/C14H19N3O2S/c1-2-5-11-6-3-4-7-13(11)15-8-12(18)10-19-14-9-16-20-17-14/h3-4,6-7,9,12,15,18H,2,5,8,10H2,1H3. The lowest BCUT2D eigenvalue weighted by atomic mass is 10.1. The van der Waals surface area contributed by atoms with Gasteiger partial charge in [0, 0.05) is 12.2 Å². The van der Waals surface area contributed by atoms with Crippen LogP contribution in [0.5, 0.6) is 5.88 Å². The monoisotopic (exact) mass is 293 g/mol. The first-order chi connectivity index (χ1) is 9.79. The number of para-hydroxylation sites is 1. The molecule has 0 radical (unpaired) electrons. The molecule has 0 saturated carbocycles. The predicted molar refractivity (Wildman–Crippen MR) is 80.3 cm³/mol. The number of ether oxygens (including phenoxy) is 1. The Hall–Kier alpha value is -1.66. The van der Waals surface area contributed by atoms with Gasteiger partial charge < -0.3 is 15.2 Å². The van der Waals surface area contributed by atoms with E-state index in [-0.39, 0.29) is 6.61 Å². The summed E-state index contributed by atoms with van der Waals surface area (Å²) in [5.74, 6) is 0.459. The van der Waals surface area contributed by atoms with Crippen molar-refractivity contribution in [3.63, 3.8) is 0 Å². The number of hydrogen-bond donors (Lipinski definition) is 2. The minimum Gasteiger partial charge on any atom is -0.473 e. The second-order valence-corrected chi connectivity index (χ2v) is 5.06. The van der Waals surface area contributed by atoms with Crippen molar-refractivity contribution in [1.82, 2.24) is 8.75 Å². The van der Waals surface area contributed by atoms with E-state index in [1.807, 2.05) is 18.2 Å². The fourth-order valence-electron chi connectivity index (χ4n) is 1.87. The van der Waals surface area contributed by atoms with Gasteiger partial charge in [0.15, 0.2) is 0 Å². The number of aromatic nitrogens is 2. The molecule has 0 aliphatic heterocycles. The summed E-state index contributed by atoms with van der Waals surface area (Å²) in [7, 11) is 0. The lowest BCUT2D eigenvalue weighted by Gasteiger charge is -2.15. The Bertz CT molecular complexity index is 505. The molecular formula is C14H19N3O2S. The van der Waals surface area contributed by atoms with Crippen LogP contribution >= 0.6 is 11.7 Å². The Kier molecular flexibility index (Phi) is 5.76. The molecule has 2 rings (SSSR count). The average molecular weight is 293 g/mol. The number of nitrogens with one attached hydrogen (secondary N) is 1. The number of hydrogen-bond acceptors (Lipinski definition) is 6. The van der Waals surface area contributed by atoms with Gasteiger partial charge in [-0.05, 0) is 18.1 Å². The van der Waals surface area contributed by atoms with Gasteiger partial charge in [-0.2, -0.15) is 4.37 Å². The topological polar surface area (TPSA) is 67.3 Å². The van der Waals surface area contributed by atoms with Crippen LogP contribution in [0.1, 0.15) is 18.9 Å². The van der Waals surface area contributed by atoms with Gasteiger partial charge in [0.25, 0.3) is 0 Å². The smallest absolute Gasteiger partial charge is 0.245 e. The predicted octanol–water partition coefficient (Wildman–Crippen LogP) is 2.34. The number of nitrogens with zero attached hydrogens (tertiary/aromatic N) is 2. The van der Waals surface area contributed by atoms with Crippen LogP contribution < -0.4 is 10.1 Å². The van der Waals surface area contributed by atoms with E-state index in [1.54, 1.807) is 6.20 Å². The first-order valence-electron chi connectivity index (χ1n) is 6.69. The Morgan fingerprint density at radius 3 is 3.00 bits per heavy atom. The second kappa shape index (κ2) is 7.81. The molecule has 1 aromatic heterocycles. The highest BCUT2D eigenvalue weighted by molar-refractivity contribution is 6.99. The molecule has 0 bridgehead atoms. The molecule has 0 fully saturated rings. The summed E-state index contributed by atoms with van der Waals surface area (Å²) < 4.78 is 13.1. The summed E-state index contributed by atoms with van der Waals surface area (Å²) in [6.45, 7) is 2.80. The van der Waals surface area contributed by atoms with E-state index in [9.17, 15) is 5.11 Å². The normalized spacial score (nSPS) is 12.1.